The van der Waals surface area contributed by atoms with E-state index in [1.165, 1.54) is 16.3 Å². The average Bonchev–Trinajstić information content (AvgIpc) is 2.91. The van der Waals surface area contributed by atoms with Gasteiger partial charge in [-0.1, -0.05) is 65.8 Å². The first-order chi connectivity index (χ1) is 18.1. The van der Waals surface area contributed by atoms with Gasteiger partial charge in [0.1, 0.15) is 0 Å². The van der Waals surface area contributed by atoms with E-state index in [9.17, 15) is 9.59 Å². The fraction of sp³-hybridized carbons (Fsp3) is 0.172. The van der Waals surface area contributed by atoms with Crippen LogP contribution in [-0.4, -0.2) is 26.2 Å². The highest BCUT2D eigenvalue weighted by Crippen LogP contribution is 2.27. The summed E-state index contributed by atoms with van der Waals surface area (Å²) in [7, 11) is 0. The molecule has 0 bridgehead atoms. The summed E-state index contributed by atoms with van der Waals surface area (Å²) in [4.78, 5) is 36.3. The molecule has 3 aromatic carbocycles. The first kappa shape index (κ1) is 23.7. The molecule has 6 nitrogen and oxygen atoms in total. The summed E-state index contributed by atoms with van der Waals surface area (Å²) < 4.78 is 1.53. The van der Waals surface area contributed by atoms with Crippen LogP contribution in [0.1, 0.15) is 24.1 Å². The van der Waals surface area contributed by atoms with Crippen molar-refractivity contribution >= 4 is 56.8 Å². The van der Waals surface area contributed by atoms with Crippen LogP contribution in [0.25, 0.3) is 27.5 Å². The molecule has 184 valence electrons. The number of aryl methyl sites for hydroxylation is 2. The highest BCUT2D eigenvalue weighted by Gasteiger charge is 2.19. The first-order valence-corrected chi connectivity index (χ1v) is 13.5. The van der Waals surface area contributed by atoms with Gasteiger partial charge in [0.15, 0.2) is 10.8 Å². The average molecular weight is 527 g/mol. The van der Waals surface area contributed by atoms with Crippen molar-refractivity contribution in [1.29, 1.82) is 0 Å². The zero-order valence-electron chi connectivity index (χ0n) is 19.9. The molecule has 0 fully saturated rings. The topological polar surface area (TPSA) is 76.9 Å². The minimum Gasteiger partial charge on any atom is -0.325 e. The lowest BCUT2D eigenvalue weighted by Crippen LogP contribution is -2.24. The number of thioether (sulfide) groups is 1. The summed E-state index contributed by atoms with van der Waals surface area (Å²) in [6.45, 7) is 0. The number of nitrogens with one attached hydrogen (secondary N) is 1. The lowest BCUT2D eigenvalue weighted by atomic mass is 9.95. The van der Waals surface area contributed by atoms with E-state index in [2.05, 4.69) is 5.32 Å². The fourth-order valence-electron chi connectivity index (χ4n) is 4.80. The summed E-state index contributed by atoms with van der Waals surface area (Å²) in [5, 5.41) is 6.41. The molecule has 37 heavy (non-hydrogen) atoms. The molecule has 0 aliphatic heterocycles. The number of hydrogen-bond acceptors (Lipinski definition) is 5. The van der Waals surface area contributed by atoms with E-state index in [0.717, 1.165) is 53.4 Å². The molecule has 1 amide bonds. The van der Waals surface area contributed by atoms with Gasteiger partial charge in [0, 0.05) is 21.8 Å². The smallest absolute Gasteiger partial charge is 0.268 e. The second-order valence-electron chi connectivity index (χ2n) is 9.05. The molecule has 0 spiro atoms. The van der Waals surface area contributed by atoms with Crippen LogP contribution in [-0.2, 0) is 17.6 Å². The van der Waals surface area contributed by atoms with Crippen molar-refractivity contribution in [2.45, 2.75) is 30.8 Å². The molecule has 5 aromatic rings. The molecule has 1 N–H and O–H groups in total. The Morgan fingerprint density at radius 3 is 2.65 bits per heavy atom. The van der Waals surface area contributed by atoms with Crippen LogP contribution < -0.4 is 10.9 Å². The number of fused-ring (bicyclic) bond motifs is 3. The normalized spacial score (nSPS) is 13.0. The summed E-state index contributed by atoms with van der Waals surface area (Å²) >= 11 is 7.46. The number of benzene rings is 3. The predicted octanol–water partition coefficient (Wildman–Crippen LogP) is 6.20. The van der Waals surface area contributed by atoms with Crippen molar-refractivity contribution in [1.82, 2.24) is 14.5 Å². The van der Waals surface area contributed by atoms with Gasteiger partial charge in [0.25, 0.3) is 5.56 Å². The minimum atomic E-state index is -0.217. The molecule has 8 heteroatoms. The number of hydrogen-bond donors (Lipinski definition) is 1. The number of carbonyl (C=O) groups excluding carboxylic acids is 1. The lowest BCUT2D eigenvalue weighted by molar-refractivity contribution is -0.113. The third-order valence-corrected chi connectivity index (χ3v) is 7.74. The van der Waals surface area contributed by atoms with Gasteiger partial charge < -0.3 is 5.32 Å². The molecule has 2 aromatic heterocycles. The van der Waals surface area contributed by atoms with Crippen molar-refractivity contribution in [2.24, 2.45) is 0 Å². The van der Waals surface area contributed by atoms with E-state index in [1.54, 1.807) is 18.2 Å². The van der Waals surface area contributed by atoms with E-state index in [1.807, 2.05) is 54.6 Å². The largest absolute Gasteiger partial charge is 0.325 e. The zero-order chi connectivity index (χ0) is 25.4. The molecular formula is C29H23ClN4O2S. The van der Waals surface area contributed by atoms with Gasteiger partial charge in [-0.25, -0.2) is 9.97 Å². The molecule has 0 radical (unpaired) electrons. The molecule has 2 heterocycles. The minimum absolute atomic E-state index is 0.0761. The maximum atomic E-state index is 13.8. The first-order valence-electron chi connectivity index (χ1n) is 12.2. The summed E-state index contributed by atoms with van der Waals surface area (Å²) in [5.41, 5.74) is 3.67. The Morgan fingerprint density at radius 2 is 1.76 bits per heavy atom. The number of rotatable bonds is 5. The van der Waals surface area contributed by atoms with Gasteiger partial charge in [0.05, 0.1) is 16.8 Å². The number of carbonyl (C=O) groups is 1. The number of amides is 1. The SMILES string of the molecule is O=C(CSc1nc2nc3c(cc2c(=O)n1-c1cccc(Cl)c1)CCCC3)Nc1cccc2ccccc12. The molecule has 1 aliphatic rings. The molecule has 0 atom stereocenters. The van der Waals surface area contributed by atoms with Gasteiger partial charge in [-0.15, -0.1) is 0 Å². The molecular weight excluding hydrogens is 504 g/mol. The number of halogens is 1. The van der Waals surface area contributed by atoms with E-state index >= 15 is 0 Å². The van der Waals surface area contributed by atoms with Gasteiger partial charge in [-0.2, -0.15) is 0 Å². The van der Waals surface area contributed by atoms with Gasteiger partial charge >= 0.3 is 0 Å². The van der Waals surface area contributed by atoms with Gasteiger partial charge in [-0.3, -0.25) is 14.2 Å². The highest BCUT2D eigenvalue weighted by molar-refractivity contribution is 7.99. The standard InChI is InChI=1S/C29H23ClN4O2S/c30-20-10-6-11-21(16-20)34-28(36)23-15-19-8-2-4-13-24(19)32-27(23)33-29(34)37-17-26(35)31-25-14-5-9-18-7-1-3-12-22(18)25/h1,3,5-7,9-12,14-16H,2,4,8,13,17H2,(H,31,35). The van der Waals surface area contributed by atoms with Crippen molar-refractivity contribution < 1.29 is 4.79 Å². The van der Waals surface area contributed by atoms with Gasteiger partial charge in [0.2, 0.25) is 5.91 Å². The van der Waals surface area contributed by atoms with Crippen molar-refractivity contribution in [3.63, 3.8) is 0 Å². The maximum Gasteiger partial charge on any atom is 0.268 e. The van der Waals surface area contributed by atoms with Crippen LogP contribution in [0.3, 0.4) is 0 Å². The molecule has 0 saturated heterocycles. The second-order valence-corrected chi connectivity index (χ2v) is 10.4. The van der Waals surface area contributed by atoms with E-state index in [-0.39, 0.29) is 17.2 Å². The van der Waals surface area contributed by atoms with Crippen LogP contribution in [0.15, 0.2) is 82.7 Å². The van der Waals surface area contributed by atoms with E-state index in [4.69, 9.17) is 21.6 Å². The maximum absolute atomic E-state index is 13.8. The third-order valence-electron chi connectivity index (χ3n) is 6.57. The fourth-order valence-corrected chi connectivity index (χ4v) is 5.79. The number of nitrogens with zero attached hydrogens (tertiary/aromatic N) is 3. The van der Waals surface area contributed by atoms with Crippen LogP contribution in [0.2, 0.25) is 5.02 Å². The van der Waals surface area contributed by atoms with E-state index in [0.29, 0.717) is 26.9 Å². The van der Waals surface area contributed by atoms with Gasteiger partial charge in [-0.05, 0) is 67.0 Å². The zero-order valence-corrected chi connectivity index (χ0v) is 21.5. The van der Waals surface area contributed by atoms with Crippen LogP contribution in [0.4, 0.5) is 5.69 Å². The molecule has 6 rings (SSSR count). The molecule has 0 saturated carbocycles. The Labute approximate surface area is 222 Å². The van der Waals surface area contributed by atoms with Crippen LogP contribution >= 0.6 is 23.4 Å². The Kier molecular flexibility index (Phi) is 6.40. The second kappa shape index (κ2) is 10.00. The third kappa shape index (κ3) is 4.72. The van der Waals surface area contributed by atoms with Crippen LogP contribution in [0, 0.1) is 0 Å². The highest BCUT2D eigenvalue weighted by atomic mass is 35.5. The Balaban J connectivity index is 1.37. The summed E-state index contributed by atoms with van der Waals surface area (Å²) in [6.07, 6.45) is 3.98. The number of anilines is 1. The van der Waals surface area contributed by atoms with Crippen molar-refractivity contribution in [3.8, 4) is 5.69 Å². The number of pyridine rings is 1. The molecule has 1 aliphatic carbocycles. The monoisotopic (exact) mass is 526 g/mol. The Bertz CT molecular complexity index is 1730. The Hall–Kier alpha value is -3.68. The number of aromatic nitrogens is 3. The summed E-state index contributed by atoms with van der Waals surface area (Å²) in [6, 6.07) is 22.7. The van der Waals surface area contributed by atoms with Crippen LogP contribution in [0.5, 0.6) is 0 Å². The predicted molar refractivity (Wildman–Crippen MR) is 150 cm³/mol. The molecule has 0 unspecified atom stereocenters. The summed E-state index contributed by atoms with van der Waals surface area (Å²) in [5.74, 6) is -0.112. The quantitative estimate of drug-likeness (QED) is 0.218. The van der Waals surface area contributed by atoms with Crippen molar-refractivity contribution in [3.05, 3.63) is 99.4 Å². The van der Waals surface area contributed by atoms with E-state index < -0.39 is 0 Å². The Morgan fingerprint density at radius 1 is 0.946 bits per heavy atom. The lowest BCUT2D eigenvalue weighted by Gasteiger charge is -2.17. The van der Waals surface area contributed by atoms with Crippen molar-refractivity contribution in [2.75, 3.05) is 11.1 Å².